The average molecular weight is 499 g/mol. The van der Waals surface area contributed by atoms with Gasteiger partial charge in [0.2, 0.25) is 5.91 Å². The normalized spacial score (nSPS) is 13.3. The topological polar surface area (TPSA) is 97.6 Å². The fourth-order valence-corrected chi connectivity index (χ4v) is 5.95. The van der Waals surface area contributed by atoms with Crippen molar-refractivity contribution in [1.82, 2.24) is 0 Å². The number of benzene rings is 1. The number of hydrogen-bond donors (Lipinski definition) is 2. The number of aryl methyl sites for hydroxylation is 1. The maximum atomic E-state index is 12.8. The lowest BCUT2D eigenvalue weighted by atomic mass is 9.96. The van der Waals surface area contributed by atoms with Crippen molar-refractivity contribution in [3.63, 3.8) is 0 Å². The predicted molar refractivity (Wildman–Crippen MR) is 134 cm³/mol. The summed E-state index contributed by atoms with van der Waals surface area (Å²) in [6, 6.07) is 10.5. The minimum Gasteiger partial charge on any atom is -0.465 e. The van der Waals surface area contributed by atoms with E-state index in [-0.39, 0.29) is 23.3 Å². The number of amides is 2. The molecule has 34 heavy (non-hydrogen) atoms. The Kier molecular flexibility index (Phi) is 8.08. The van der Waals surface area contributed by atoms with Gasteiger partial charge in [-0.3, -0.25) is 9.59 Å². The molecule has 0 saturated carbocycles. The molecule has 0 aliphatic heterocycles. The molecule has 0 unspecified atom stereocenters. The van der Waals surface area contributed by atoms with Crippen molar-refractivity contribution < 1.29 is 23.5 Å². The molecular weight excluding hydrogens is 472 g/mol. The van der Waals surface area contributed by atoms with Crippen LogP contribution in [0.25, 0.3) is 0 Å². The summed E-state index contributed by atoms with van der Waals surface area (Å²) in [5.74, 6) is -0.550. The second-order valence-corrected chi connectivity index (χ2v) is 10.1. The van der Waals surface area contributed by atoms with E-state index in [9.17, 15) is 14.4 Å². The lowest BCUT2D eigenvalue weighted by Crippen LogP contribution is -2.16. The molecule has 1 aliphatic carbocycles. The molecular formula is C25H26N2O5S2. The molecule has 0 saturated heterocycles. The molecule has 2 heterocycles. The molecule has 2 N–H and O–H groups in total. The zero-order chi connectivity index (χ0) is 23.9. The van der Waals surface area contributed by atoms with E-state index in [1.54, 1.807) is 24.3 Å². The average Bonchev–Trinajstić information content (AvgIpc) is 3.46. The molecule has 0 atom stereocenters. The Labute approximate surface area is 206 Å². The molecule has 1 aromatic carbocycles. The Morgan fingerprint density at radius 1 is 1.06 bits per heavy atom. The Hall–Kier alpha value is -3.04. The van der Waals surface area contributed by atoms with Crippen LogP contribution in [0, 0.1) is 0 Å². The second-order valence-electron chi connectivity index (χ2n) is 7.91. The maximum absolute atomic E-state index is 12.8. The molecule has 178 valence electrons. The van der Waals surface area contributed by atoms with Crippen molar-refractivity contribution in [2.24, 2.45) is 0 Å². The van der Waals surface area contributed by atoms with Crippen LogP contribution in [0.4, 0.5) is 10.7 Å². The highest BCUT2D eigenvalue weighted by molar-refractivity contribution is 8.00. The molecule has 3 aromatic rings. The van der Waals surface area contributed by atoms with Crippen molar-refractivity contribution in [3.8, 4) is 0 Å². The lowest BCUT2D eigenvalue weighted by Gasteiger charge is -2.11. The van der Waals surface area contributed by atoms with Crippen molar-refractivity contribution >= 4 is 51.6 Å². The van der Waals surface area contributed by atoms with Crippen LogP contribution in [0.3, 0.4) is 0 Å². The summed E-state index contributed by atoms with van der Waals surface area (Å²) in [4.78, 5) is 39.5. The minimum atomic E-state index is -0.402. The number of methoxy groups -OCH3 is 1. The maximum Gasteiger partial charge on any atom is 0.341 e. The summed E-state index contributed by atoms with van der Waals surface area (Å²) in [5.41, 5.74) is 2.14. The first-order valence-corrected chi connectivity index (χ1v) is 13.0. The van der Waals surface area contributed by atoms with Crippen molar-refractivity contribution in [1.29, 1.82) is 0 Å². The largest absolute Gasteiger partial charge is 0.465 e. The van der Waals surface area contributed by atoms with E-state index >= 15 is 0 Å². The van der Waals surface area contributed by atoms with Crippen LogP contribution >= 0.6 is 23.1 Å². The molecule has 4 rings (SSSR count). The summed E-state index contributed by atoms with van der Waals surface area (Å²) in [6.45, 7) is 0. The molecule has 0 bridgehead atoms. The highest BCUT2D eigenvalue weighted by Crippen LogP contribution is 2.37. The minimum absolute atomic E-state index is 0.165. The fraction of sp³-hybridized carbons (Fsp3) is 0.320. The van der Waals surface area contributed by atoms with E-state index in [2.05, 4.69) is 10.6 Å². The molecule has 2 aromatic heterocycles. The SMILES string of the molecule is COC(=O)c1c(NC(=O)CSc2cccc(NC(=O)c3ccco3)c2)sc2c1CCCCCC2. The Morgan fingerprint density at radius 2 is 1.88 bits per heavy atom. The molecule has 0 fully saturated rings. The van der Waals surface area contributed by atoms with Gasteiger partial charge in [0.15, 0.2) is 5.76 Å². The van der Waals surface area contributed by atoms with Crippen LogP contribution in [-0.4, -0.2) is 30.6 Å². The number of carbonyl (C=O) groups is 3. The number of fused-ring (bicyclic) bond motifs is 1. The molecule has 2 amide bonds. The number of esters is 1. The summed E-state index contributed by atoms with van der Waals surface area (Å²) >= 11 is 2.84. The first-order valence-electron chi connectivity index (χ1n) is 11.2. The number of hydrogen-bond acceptors (Lipinski definition) is 7. The molecule has 0 spiro atoms. The van der Waals surface area contributed by atoms with Gasteiger partial charge in [0.1, 0.15) is 5.00 Å². The van der Waals surface area contributed by atoms with Gasteiger partial charge >= 0.3 is 5.97 Å². The van der Waals surface area contributed by atoms with E-state index in [4.69, 9.17) is 9.15 Å². The van der Waals surface area contributed by atoms with E-state index in [1.807, 2.05) is 12.1 Å². The third-order valence-corrected chi connectivity index (χ3v) is 7.72. The number of anilines is 2. The van der Waals surface area contributed by atoms with E-state index in [0.29, 0.717) is 16.3 Å². The van der Waals surface area contributed by atoms with Gasteiger partial charge in [0.05, 0.1) is 24.7 Å². The molecule has 0 radical (unpaired) electrons. The zero-order valence-electron chi connectivity index (χ0n) is 18.8. The molecule has 1 aliphatic rings. The Balaban J connectivity index is 1.41. The predicted octanol–water partition coefficient (Wildman–Crippen LogP) is 5.77. The summed E-state index contributed by atoms with van der Waals surface area (Å²) in [6.07, 6.45) is 7.65. The second kappa shape index (κ2) is 11.4. The van der Waals surface area contributed by atoms with Crippen LogP contribution in [0.5, 0.6) is 0 Å². The zero-order valence-corrected chi connectivity index (χ0v) is 20.5. The van der Waals surface area contributed by atoms with Crippen molar-refractivity contribution in [2.45, 2.75) is 43.4 Å². The number of thiophene rings is 1. The van der Waals surface area contributed by atoms with Gasteiger partial charge in [-0.1, -0.05) is 18.9 Å². The third kappa shape index (κ3) is 5.90. The highest BCUT2D eigenvalue weighted by Gasteiger charge is 2.25. The lowest BCUT2D eigenvalue weighted by molar-refractivity contribution is -0.113. The molecule has 9 heteroatoms. The van der Waals surface area contributed by atoms with Gasteiger partial charge in [0.25, 0.3) is 5.91 Å². The summed E-state index contributed by atoms with van der Waals surface area (Å²) < 4.78 is 10.1. The molecule has 7 nitrogen and oxygen atoms in total. The van der Waals surface area contributed by atoms with Crippen LogP contribution in [-0.2, 0) is 22.4 Å². The van der Waals surface area contributed by atoms with Gasteiger partial charge in [-0.15, -0.1) is 23.1 Å². The van der Waals surface area contributed by atoms with Crippen molar-refractivity contribution in [2.75, 3.05) is 23.5 Å². The monoisotopic (exact) mass is 498 g/mol. The summed E-state index contributed by atoms with van der Waals surface area (Å²) in [5, 5.41) is 6.29. The third-order valence-electron chi connectivity index (χ3n) is 5.52. The van der Waals surface area contributed by atoms with Gasteiger partial charge < -0.3 is 19.8 Å². The van der Waals surface area contributed by atoms with E-state index in [1.165, 1.54) is 47.8 Å². The van der Waals surface area contributed by atoms with Crippen LogP contribution in [0.15, 0.2) is 52.0 Å². The van der Waals surface area contributed by atoms with Crippen LogP contribution in [0.1, 0.15) is 57.0 Å². The van der Waals surface area contributed by atoms with Gasteiger partial charge in [0, 0.05) is 15.5 Å². The number of furan rings is 1. The quantitative estimate of drug-likeness (QED) is 0.317. The summed E-state index contributed by atoms with van der Waals surface area (Å²) in [7, 11) is 1.37. The van der Waals surface area contributed by atoms with E-state index < -0.39 is 5.97 Å². The number of nitrogens with one attached hydrogen (secondary N) is 2. The first kappa shape index (κ1) is 24.1. The smallest absolute Gasteiger partial charge is 0.341 e. The number of thioether (sulfide) groups is 1. The number of carbonyl (C=O) groups excluding carboxylic acids is 3. The number of ether oxygens (including phenoxy) is 1. The van der Waals surface area contributed by atoms with Crippen LogP contribution < -0.4 is 10.6 Å². The van der Waals surface area contributed by atoms with E-state index in [0.717, 1.165) is 42.6 Å². The van der Waals surface area contributed by atoms with Crippen molar-refractivity contribution in [3.05, 3.63) is 64.4 Å². The standard InChI is InChI=1S/C25H26N2O5S2/c1-31-25(30)22-18-10-4-2-3-5-12-20(18)34-24(22)27-21(28)15-33-17-9-6-8-16(14-17)26-23(29)19-11-7-13-32-19/h6-9,11,13-14H,2-5,10,12,15H2,1H3,(H,26,29)(H,27,28). The fourth-order valence-electron chi connectivity index (χ4n) is 3.90. The van der Waals surface area contributed by atoms with Crippen LogP contribution in [0.2, 0.25) is 0 Å². The number of rotatable bonds is 7. The Morgan fingerprint density at radius 3 is 2.65 bits per heavy atom. The highest BCUT2D eigenvalue weighted by atomic mass is 32.2. The first-order chi connectivity index (χ1) is 16.5. The van der Waals surface area contributed by atoms with Gasteiger partial charge in [-0.25, -0.2) is 4.79 Å². The van der Waals surface area contributed by atoms with Gasteiger partial charge in [-0.05, 0) is 61.6 Å². The Bertz CT molecular complexity index is 1170. The van der Waals surface area contributed by atoms with Gasteiger partial charge in [-0.2, -0.15) is 0 Å².